The first-order chi connectivity index (χ1) is 15.3. The van der Waals surface area contributed by atoms with Crippen LogP contribution in [0.3, 0.4) is 0 Å². The Morgan fingerprint density at radius 3 is 2.34 bits per heavy atom. The van der Waals surface area contributed by atoms with Crippen LogP contribution in [0.5, 0.6) is 5.75 Å². The van der Waals surface area contributed by atoms with Crippen molar-refractivity contribution < 1.29 is 27.5 Å². The molecule has 32 heavy (non-hydrogen) atoms. The highest BCUT2D eigenvalue weighted by molar-refractivity contribution is 6.16. The molecule has 1 heterocycles. The molecule has 0 saturated heterocycles. The Kier molecular flexibility index (Phi) is 5.52. The number of benzene rings is 2. The molecule has 1 saturated carbocycles. The van der Waals surface area contributed by atoms with E-state index in [-0.39, 0.29) is 24.4 Å². The van der Waals surface area contributed by atoms with Crippen LogP contribution >= 0.6 is 0 Å². The van der Waals surface area contributed by atoms with Crippen molar-refractivity contribution in [2.24, 2.45) is 11.1 Å². The molecule has 1 aliphatic carbocycles. The third kappa shape index (κ3) is 4.39. The minimum Gasteiger partial charge on any atom is -0.454 e. The lowest BCUT2D eigenvalue weighted by Gasteiger charge is -2.17. The van der Waals surface area contributed by atoms with Crippen LogP contribution < -0.4 is 26.4 Å². The number of ether oxygens (including phenoxy) is 1. The van der Waals surface area contributed by atoms with Gasteiger partial charge in [0, 0.05) is 30.4 Å². The third-order valence-electron chi connectivity index (χ3n) is 5.13. The van der Waals surface area contributed by atoms with E-state index in [0.717, 1.165) is 12.1 Å². The summed E-state index contributed by atoms with van der Waals surface area (Å²) in [6.07, 6.45) is 3.51. The zero-order chi connectivity index (χ0) is 22.9. The van der Waals surface area contributed by atoms with Crippen molar-refractivity contribution in [2.45, 2.75) is 12.8 Å². The van der Waals surface area contributed by atoms with Crippen LogP contribution in [0.25, 0.3) is 0 Å². The smallest absolute Gasteiger partial charge is 0.240 e. The quantitative estimate of drug-likeness (QED) is 0.513. The standard InChI is InChI=1S/C22H19F3N4O3/c23-12-1-3-13(4-2-12)28-20(30)22(6-7-22)21(31)29-17-10-16(25)18(11-15(17)24)32-14-5-8-27-19(26)9-14/h1-5,9-11,27H,6-8,26H2,(H,28,30)(H,29,31). The Bertz CT molecular complexity index is 1140. The largest absolute Gasteiger partial charge is 0.454 e. The van der Waals surface area contributed by atoms with E-state index in [1.54, 1.807) is 6.08 Å². The summed E-state index contributed by atoms with van der Waals surface area (Å²) in [6, 6.07) is 6.63. The summed E-state index contributed by atoms with van der Waals surface area (Å²) >= 11 is 0. The predicted octanol–water partition coefficient (Wildman–Crippen LogP) is 3.13. The Morgan fingerprint density at radius 2 is 1.69 bits per heavy atom. The summed E-state index contributed by atoms with van der Waals surface area (Å²) in [4.78, 5) is 25.3. The van der Waals surface area contributed by atoms with E-state index in [2.05, 4.69) is 16.0 Å². The van der Waals surface area contributed by atoms with Gasteiger partial charge >= 0.3 is 0 Å². The lowest BCUT2D eigenvalue weighted by Crippen LogP contribution is -2.35. The van der Waals surface area contributed by atoms with Crippen LogP contribution in [0.1, 0.15) is 12.8 Å². The third-order valence-corrected chi connectivity index (χ3v) is 5.13. The molecule has 7 nitrogen and oxygen atoms in total. The highest BCUT2D eigenvalue weighted by atomic mass is 19.1. The molecule has 2 aromatic rings. The number of allylic oxidation sites excluding steroid dienone is 1. The fourth-order valence-electron chi connectivity index (χ4n) is 3.14. The highest BCUT2D eigenvalue weighted by Crippen LogP contribution is 2.47. The number of carbonyl (C=O) groups excluding carboxylic acids is 2. The molecule has 0 spiro atoms. The van der Waals surface area contributed by atoms with E-state index in [1.165, 1.54) is 30.3 Å². The van der Waals surface area contributed by atoms with Crippen molar-refractivity contribution in [3.05, 3.63) is 77.6 Å². The van der Waals surface area contributed by atoms with E-state index < -0.39 is 40.4 Å². The van der Waals surface area contributed by atoms with Gasteiger partial charge in [-0.2, -0.15) is 0 Å². The SMILES string of the molecule is NC1=CC(Oc2cc(F)c(NC(=O)C3(C(=O)Nc4ccc(F)cc4)CC3)cc2F)=CCN1. The topological polar surface area (TPSA) is 105 Å². The van der Waals surface area contributed by atoms with Gasteiger partial charge in [-0.3, -0.25) is 9.59 Å². The van der Waals surface area contributed by atoms with Crippen molar-refractivity contribution in [3.8, 4) is 5.75 Å². The summed E-state index contributed by atoms with van der Waals surface area (Å²) in [6.45, 7) is 0.373. The fourth-order valence-corrected chi connectivity index (χ4v) is 3.14. The lowest BCUT2D eigenvalue weighted by molar-refractivity contribution is -0.131. The van der Waals surface area contributed by atoms with Crippen LogP contribution in [0.15, 0.2) is 60.1 Å². The van der Waals surface area contributed by atoms with Crippen LogP contribution in [-0.2, 0) is 9.59 Å². The Morgan fingerprint density at radius 1 is 1.00 bits per heavy atom. The van der Waals surface area contributed by atoms with Gasteiger partial charge in [0.05, 0.1) is 11.5 Å². The van der Waals surface area contributed by atoms with E-state index in [0.29, 0.717) is 18.1 Å². The number of carbonyl (C=O) groups is 2. The number of nitrogens with one attached hydrogen (secondary N) is 3. The second-order valence-corrected chi connectivity index (χ2v) is 7.45. The average molecular weight is 444 g/mol. The minimum absolute atomic E-state index is 0.241. The molecule has 10 heteroatoms. The summed E-state index contributed by atoms with van der Waals surface area (Å²) in [5, 5.41) is 7.64. The summed E-state index contributed by atoms with van der Waals surface area (Å²) in [7, 11) is 0. The van der Waals surface area contributed by atoms with Crippen molar-refractivity contribution in [3.63, 3.8) is 0 Å². The average Bonchev–Trinajstić information content (AvgIpc) is 3.56. The van der Waals surface area contributed by atoms with Crippen LogP contribution in [0.2, 0.25) is 0 Å². The second-order valence-electron chi connectivity index (χ2n) is 7.45. The van der Waals surface area contributed by atoms with Crippen LogP contribution in [0, 0.1) is 22.9 Å². The maximum atomic E-state index is 14.5. The molecule has 166 valence electrons. The first-order valence-corrected chi connectivity index (χ1v) is 9.73. The molecule has 0 radical (unpaired) electrons. The molecular weight excluding hydrogens is 425 g/mol. The van der Waals surface area contributed by atoms with Gasteiger partial charge in [-0.25, -0.2) is 13.2 Å². The molecule has 0 aromatic heterocycles. The van der Waals surface area contributed by atoms with Gasteiger partial charge in [-0.15, -0.1) is 0 Å². The molecule has 2 aliphatic rings. The monoisotopic (exact) mass is 444 g/mol. The van der Waals surface area contributed by atoms with Gasteiger partial charge in [-0.1, -0.05) is 0 Å². The van der Waals surface area contributed by atoms with E-state index in [9.17, 15) is 22.8 Å². The number of halogens is 3. The van der Waals surface area contributed by atoms with Crippen molar-refractivity contribution >= 4 is 23.2 Å². The normalized spacial score (nSPS) is 16.2. The second kappa shape index (κ2) is 8.29. The maximum absolute atomic E-state index is 14.5. The number of anilines is 2. The maximum Gasteiger partial charge on any atom is 0.240 e. The molecule has 4 rings (SSSR count). The molecule has 0 atom stereocenters. The summed E-state index contributed by atoms with van der Waals surface area (Å²) < 4.78 is 47.4. The van der Waals surface area contributed by atoms with Crippen molar-refractivity contribution in [1.82, 2.24) is 5.32 Å². The van der Waals surface area contributed by atoms with Crippen LogP contribution in [-0.4, -0.2) is 18.4 Å². The minimum atomic E-state index is -1.41. The molecule has 2 amide bonds. The number of hydrogen-bond acceptors (Lipinski definition) is 5. The number of dihydropyridines is 1. The number of rotatable bonds is 6. The lowest BCUT2D eigenvalue weighted by atomic mass is 10.0. The van der Waals surface area contributed by atoms with Gasteiger partial charge in [0.25, 0.3) is 0 Å². The molecule has 1 fully saturated rings. The first kappa shape index (κ1) is 21.3. The number of nitrogens with two attached hydrogens (primary N) is 1. The first-order valence-electron chi connectivity index (χ1n) is 9.73. The predicted molar refractivity (Wildman–Crippen MR) is 111 cm³/mol. The number of amides is 2. The zero-order valence-corrected chi connectivity index (χ0v) is 16.7. The van der Waals surface area contributed by atoms with E-state index in [4.69, 9.17) is 10.5 Å². The van der Waals surface area contributed by atoms with Crippen molar-refractivity contribution in [2.75, 3.05) is 17.2 Å². The molecule has 1 aliphatic heterocycles. The number of hydrogen-bond donors (Lipinski definition) is 4. The van der Waals surface area contributed by atoms with Gasteiger partial charge in [0.2, 0.25) is 11.8 Å². The Labute approximate surface area is 181 Å². The van der Waals surface area contributed by atoms with Crippen molar-refractivity contribution in [1.29, 1.82) is 0 Å². The van der Waals surface area contributed by atoms with Crippen LogP contribution in [0.4, 0.5) is 24.5 Å². The van der Waals surface area contributed by atoms with Gasteiger partial charge in [-0.05, 0) is 43.2 Å². The summed E-state index contributed by atoms with van der Waals surface area (Å²) in [5.74, 6) is -3.50. The Balaban J connectivity index is 1.45. The Hall–Kier alpha value is -3.95. The van der Waals surface area contributed by atoms with E-state index >= 15 is 0 Å². The molecular formula is C22H19F3N4O3. The van der Waals surface area contributed by atoms with Gasteiger partial charge in [0.15, 0.2) is 17.4 Å². The van der Waals surface area contributed by atoms with Gasteiger partial charge in [0.1, 0.15) is 17.0 Å². The molecule has 0 bridgehead atoms. The van der Waals surface area contributed by atoms with E-state index in [1.807, 2.05) is 0 Å². The molecule has 0 unspecified atom stereocenters. The van der Waals surface area contributed by atoms with Gasteiger partial charge < -0.3 is 26.4 Å². The highest BCUT2D eigenvalue weighted by Gasteiger charge is 2.56. The zero-order valence-electron chi connectivity index (χ0n) is 16.7. The molecule has 5 N–H and O–H groups in total. The summed E-state index contributed by atoms with van der Waals surface area (Å²) in [5.41, 5.74) is 4.10. The molecule has 2 aromatic carbocycles. The fraction of sp³-hybridized carbons (Fsp3) is 0.182.